The number of aromatic nitrogens is 1. The van der Waals surface area contributed by atoms with Crippen LogP contribution in [0, 0.1) is 5.82 Å². The molecule has 4 rings (SSSR count). The number of aromatic hydroxyl groups is 2. The van der Waals surface area contributed by atoms with Crippen molar-refractivity contribution in [2.45, 2.75) is 27.3 Å². The highest BCUT2D eigenvalue weighted by Gasteiger charge is 2.26. The highest BCUT2D eigenvalue weighted by molar-refractivity contribution is 5.89. The molecular weight excluding hydrogens is 489 g/mol. The Hall–Kier alpha value is -4.37. The fourth-order valence-electron chi connectivity index (χ4n) is 4.15. The van der Waals surface area contributed by atoms with Gasteiger partial charge in [0.2, 0.25) is 0 Å². The second kappa shape index (κ2) is 11.8. The number of carbonyl (C=O) groups is 1. The average Bonchev–Trinajstić information content (AvgIpc) is 3.31. The van der Waals surface area contributed by atoms with Gasteiger partial charge in [0.1, 0.15) is 17.3 Å². The maximum atomic E-state index is 13.5. The van der Waals surface area contributed by atoms with Crippen molar-refractivity contribution < 1.29 is 28.7 Å². The van der Waals surface area contributed by atoms with Crippen molar-refractivity contribution in [1.82, 2.24) is 15.4 Å². The number of phenolic OH excluding ortho intramolecular Hbond substituents is 2. The Labute approximate surface area is 220 Å². The molecule has 1 heterocycles. The zero-order valence-corrected chi connectivity index (χ0v) is 21.5. The lowest BCUT2D eigenvalue weighted by Gasteiger charge is -2.18. The second-order valence-electron chi connectivity index (χ2n) is 8.66. The quantitative estimate of drug-likeness (QED) is 0.242. The van der Waals surface area contributed by atoms with Gasteiger partial charge in [-0.25, -0.2) is 9.18 Å². The van der Waals surface area contributed by atoms with Crippen LogP contribution in [0.25, 0.3) is 33.6 Å². The minimum Gasteiger partial charge on any atom is -0.507 e. The van der Waals surface area contributed by atoms with E-state index in [2.05, 4.69) is 29.2 Å². The third-order valence-corrected chi connectivity index (χ3v) is 6.23. The van der Waals surface area contributed by atoms with Gasteiger partial charge in [-0.15, -0.1) is 0 Å². The smallest absolute Gasteiger partial charge is 0.414 e. The summed E-state index contributed by atoms with van der Waals surface area (Å²) >= 11 is 0. The summed E-state index contributed by atoms with van der Waals surface area (Å²) in [4.78, 5) is 14.5. The molecular formula is C29H30FN3O5. The first-order valence-electron chi connectivity index (χ1n) is 12.4. The lowest BCUT2D eigenvalue weighted by Crippen LogP contribution is -2.26. The zero-order chi connectivity index (χ0) is 27.2. The first-order chi connectivity index (χ1) is 18.3. The largest absolute Gasteiger partial charge is 0.507 e. The number of nitrogens with one attached hydrogen (secondary N) is 1. The van der Waals surface area contributed by atoms with Crippen molar-refractivity contribution in [2.24, 2.45) is 0 Å². The molecule has 0 radical (unpaired) electrons. The van der Waals surface area contributed by atoms with Crippen LogP contribution in [0.1, 0.15) is 26.3 Å². The Morgan fingerprint density at radius 1 is 0.947 bits per heavy atom. The van der Waals surface area contributed by atoms with Gasteiger partial charge in [0, 0.05) is 24.7 Å². The molecule has 0 spiro atoms. The second-order valence-corrected chi connectivity index (χ2v) is 8.66. The van der Waals surface area contributed by atoms with Crippen molar-refractivity contribution in [3.05, 3.63) is 72.0 Å². The van der Waals surface area contributed by atoms with Crippen LogP contribution in [-0.4, -0.2) is 46.0 Å². The minimum atomic E-state index is -0.700. The van der Waals surface area contributed by atoms with Crippen LogP contribution in [0.2, 0.25) is 0 Å². The van der Waals surface area contributed by atoms with Crippen molar-refractivity contribution in [3.8, 4) is 51.0 Å². The molecule has 0 aliphatic carbocycles. The molecule has 3 N–H and O–H groups in total. The molecule has 0 bridgehead atoms. The van der Waals surface area contributed by atoms with Gasteiger partial charge in [-0.2, -0.15) is 0 Å². The van der Waals surface area contributed by atoms with E-state index in [1.54, 1.807) is 6.92 Å². The summed E-state index contributed by atoms with van der Waals surface area (Å²) < 4.78 is 24.5. The van der Waals surface area contributed by atoms with Crippen LogP contribution in [0.5, 0.6) is 17.4 Å². The standard InChI is InChI=1S/C29H30FN3O5/c1-4-31-29(36)37-28-26(20-9-7-18(8-10-20)17-33(5-2)6-3)27(38-32-28)23-15-22(24(34)16-25(23)35)19-11-13-21(30)14-12-19/h7-16,34-35H,4-6,17H2,1-3H3,(H,31,36). The third-order valence-electron chi connectivity index (χ3n) is 6.23. The van der Waals surface area contributed by atoms with E-state index in [4.69, 9.17) is 9.26 Å². The Morgan fingerprint density at radius 2 is 1.58 bits per heavy atom. The summed E-state index contributed by atoms with van der Waals surface area (Å²) in [5.41, 5.74) is 3.21. The van der Waals surface area contributed by atoms with Crippen molar-refractivity contribution >= 4 is 6.09 Å². The predicted octanol–water partition coefficient (Wildman–Crippen LogP) is 6.18. The third kappa shape index (κ3) is 5.78. The fraction of sp³-hybridized carbons (Fsp3) is 0.241. The number of rotatable bonds is 9. The first-order valence-corrected chi connectivity index (χ1v) is 12.4. The number of carbonyl (C=O) groups excluding carboxylic acids is 1. The molecule has 1 amide bonds. The molecule has 9 heteroatoms. The van der Waals surface area contributed by atoms with E-state index in [9.17, 15) is 19.4 Å². The van der Waals surface area contributed by atoms with Gasteiger partial charge < -0.3 is 24.8 Å². The number of halogens is 1. The van der Waals surface area contributed by atoms with Gasteiger partial charge in [0.05, 0.1) is 11.1 Å². The molecule has 0 saturated carbocycles. The Morgan fingerprint density at radius 3 is 2.21 bits per heavy atom. The van der Waals surface area contributed by atoms with E-state index >= 15 is 0 Å². The van der Waals surface area contributed by atoms with Crippen LogP contribution in [-0.2, 0) is 6.54 Å². The number of benzene rings is 3. The summed E-state index contributed by atoms with van der Waals surface area (Å²) in [5.74, 6) is -0.812. The molecule has 38 heavy (non-hydrogen) atoms. The average molecular weight is 520 g/mol. The monoisotopic (exact) mass is 519 g/mol. The number of hydrogen-bond acceptors (Lipinski definition) is 7. The SMILES string of the molecule is CCNC(=O)Oc1noc(-c2cc(-c3ccc(F)cc3)c(O)cc2O)c1-c1ccc(CN(CC)CC)cc1. The van der Waals surface area contributed by atoms with Gasteiger partial charge in [0.25, 0.3) is 5.88 Å². The lowest BCUT2D eigenvalue weighted by atomic mass is 9.96. The van der Waals surface area contributed by atoms with Gasteiger partial charge in [-0.05, 0) is 60.1 Å². The van der Waals surface area contributed by atoms with Gasteiger partial charge >= 0.3 is 6.09 Å². The minimum absolute atomic E-state index is 0.0711. The van der Waals surface area contributed by atoms with Crippen LogP contribution < -0.4 is 10.1 Å². The highest BCUT2D eigenvalue weighted by Crippen LogP contribution is 2.46. The summed E-state index contributed by atoms with van der Waals surface area (Å²) in [5, 5.41) is 27.8. The van der Waals surface area contributed by atoms with Crippen molar-refractivity contribution in [2.75, 3.05) is 19.6 Å². The molecule has 0 aliphatic heterocycles. The van der Waals surface area contributed by atoms with Crippen molar-refractivity contribution in [3.63, 3.8) is 0 Å². The number of amides is 1. The van der Waals surface area contributed by atoms with E-state index in [-0.39, 0.29) is 28.7 Å². The van der Waals surface area contributed by atoms with Crippen LogP contribution >= 0.6 is 0 Å². The normalized spacial score (nSPS) is 11.1. The molecule has 3 aromatic carbocycles. The summed E-state index contributed by atoms with van der Waals surface area (Å²) in [6, 6.07) is 16.0. The molecule has 0 fully saturated rings. The van der Waals surface area contributed by atoms with Crippen LogP contribution in [0.15, 0.2) is 65.2 Å². The van der Waals surface area contributed by atoms with Gasteiger partial charge in [-0.1, -0.05) is 50.2 Å². The molecule has 0 unspecified atom stereocenters. The van der Waals surface area contributed by atoms with Gasteiger partial charge in [-0.3, -0.25) is 4.90 Å². The molecule has 0 saturated heterocycles. The first kappa shape index (κ1) is 26.7. The Kier molecular flexibility index (Phi) is 8.28. The lowest BCUT2D eigenvalue weighted by molar-refractivity contribution is 0.196. The summed E-state index contributed by atoms with van der Waals surface area (Å²) in [6.07, 6.45) is -0.700. The van der Waals surface area contributed by atoms with E-state index in [0.717, 1.165) is 25.2 Å². The van der Waals surface area contributed by atoms with Crippen molar-refractivity contribution in [1.29, 1.82) is 0 Å². The van der Waals surface area contributed by atoms with E-state index in [1.165, 1.54) is 36.4 Å². The molecule has 4 aromatic rings. The van der Waals surface area contributed by atoms with Crippen LogP contribution in [0.4, 0.5) is 9.18 Å². The molecule has 1 aromatic heterocycles. The predicted molar refractivity (Wildman–Crippen MR) is 142 cm³/mol. The number of ether oxygens (including phenoxy) is 1. The summed E-state index contributed by atoms with van der Waals surface area (Å²) in [7, 11) is 0. The van der Waals surface area contributed by atoms with Gasteiger partial charge in [0.15, 0.2) is 5.76 Å². The number of phenols is 2. The molecule has 8 nitrogen and oxygen atoms in total. The maximum absolute atomic E-state index is 13.5. The molecule has 0 aliphatic rings. The summed E-state index contributed by atoms with van der Waals surface area (Å²) in [6.45, 7) is 8.97. The highest BCUT2D eigenvalue weighted by atomic mass is 19.1. The topological polar surface area (TPSA) is 108 Å². The number of nitrogens with zero attached hydrogens (tertiary/aromatic N) is 2. The zero-order valence-electron chi connectivity index (χ0n) is 21.5. The van der Waals surface area contributed by atoms with E-state index in [0.29, 0.717) is 28.8 Å². The van der Waals surface area contributed by atoms with Crippen LogP contribution in [0.3, 0.4) is 0 Å². The Balaban J connectivity index is 1.82. The number of hydrogen-bond donors (Lipinski definition) is 3. The molecule has 198 valence electrons. The van der Waals surface area contributed by atoms with E-state index < -0.39 is 11.9 Å². The Bertz CT molecular complexity index is 1400. The molecule has 0 atom stereocenters. The maximum Gasteiger partial charge on any atom is 0.414 e. The van der Waals surface area contributed by atoms with E-state index in [1.807, 2.05) is 24.3 Å². The fourth-order valence-corrected chi connectivity index (χ4v) is 4.15.